The predicted molar refractivity (Wildman–Crippen MR) is 53.5 cm³/mol. The third kappa shape index (κ3) is 1.46. The van der Waals surface area contributed by atoms with Gasteiger partial charge in [0.15, 0.2) is 5.78 Å². The third-order valence-corrected chi connectivity index (χ3v) is 2.16. The van der Waals surface area contributed by atoms with Gasteiger partial charge in [0.2, 0.25) is 0 Å². The van der Waals surface area contributed by atoms with Crippen molar-refractivity contribution in [2.45, 2.75) is 6.42 Å². The molecule has 69 valence electrons. The molecule has 0 unspecified atom stereocenters. The molecule has 1 radical (unpaired) electrons. The third-order valence-electron chi connectivity index (χ3n) is 2.16. The fraction of sp³-hybridized carbons (Fsp3) is 0.0833. The lowest BCUT2D eigenvalue weighted by Crippen LogP contribution is -2.06. The van der Waals surface area contributed by atoms with Gasteiger partial charge in [0.1, 0.15) is 5.76 Å². The van der Waals surface area contributed by atoms with Gasteiger partial charge in [-0.05, 0) is 12.5 Å². The zero-order valence-corrected chi connectivity index (χ0v) is 7.53. The van der Waals surface area contributed by atoms with Crippen LogP contribution in [0.2, 0.25) is 0 Å². The molecule has 0 saturated heterocycles. The molecule has 0 heterocycles. The first kappa shape index (κ1) is 8.75. The fourth-order valence-electron chi connectivity index (χ4n) is 1.45. The van der Waals surface area contributed by atoms with Gasteiger partial charge in [0, 0.05) is 17.2 Å². The second-order valence-electron chi connectivity index (χ2n) is 3.07. The highest BCUT2D eigenvalue weighted by molar-refractivity contribution is 6.08. The molecular formula is C12H9O2. The van der Waals surface area contributed by atoms with Crippen LogP contribution >= 0.6 is 0 Å². The van der Waals surface area contributed by atoms with Crippen LogP contribution in [0.15, 0.2) is 53.4 Å². The van der Waals surface area contributed by atoms with Crippen molar-refractivity contribution in [3.8, 4) is 0 Å². The Morgan fingerprint density at radius 2 is 2.07 bits per heavy atom. The highest BCUT2D eigenvalue weighted by Crippen LogP contribution is 2.23. The summed E-state index contributed by atoms with van der Waals surface area (Å²) in [5.74, 6) is 0.00181. The first-order valence-corrected chi connectivity index (χ1v) is 4.39. The Morgan fingerprint density at radius 1 is 1.29 bits per heavy atom. The first-order valence-electron chi connectivity index (χ1n) is 4.39. The summed E-state index contributed by atoms with van der Waals surface area (Å²) in [5.41, 5.74) is 1.21. The van der Waals surface area contributed by atoms with Gasteiger partial charge in [0.05, 0.1) is 0 Å². The maximum absolute atomic E-state index is 11.5. The molecule has 0 atom stereocenters. The van der Waals surface area contributed by atoms with Crippen LogP contribution in [-0.2, 0) is 4.79 Å². The first-order chi connectivity index (χ1) is 6.79. The number of aliphatic hydroxyl groups is 1. The SMILES string of the molecule is O=C1C=CC=CC1=C1CC=C[C]=C1O. The van der Waals surface area contributed by atoms with Gasteiger partial charge in [-0.3, -0.25) is 4.79 Å². The van der Waals surface area contributed by atoms with Crippen LogP contribution in [0.1, 0.15) is 6.42 Å². The molecule has 0 bridgehead atoms. The smallest absolute Gasteiger partial charge is 0.186 e. The van der Waals surface area contributed by atoms with Crippen LogP contribution in [-0.4, -0.2) is 10.9 Å². The van der Waals surface area contributed by atoms with Gasteiger partial charge >= 0.3 is 0 Å². The molecule has 2 rings (SSSR count). The van der Waals surface area contributed by atoms with E-state index < -0.39 is 0 Å². The van der Waals surface area contributed by atoms with Gasteiger partial charge in [-0.15, -0.1) is 0 Å². The van der Waals surface area contributed by atoms with E-state index in [0.717, 1.165) is 0 Å². The number of carbonyl (C=O) groups excluding carboxylic acids is 1. The van der Waals surface area contributed by atoms with Crippen molar-refractivity contribution >= 4 is 5.78 Å². The van der Waals surface area contributed by atoms with Crippen LogP contribution in [0, 0.1) is 6.08 Å². The van der Waals surface area contributed by atoms with Crippen LogP contribution in [0.4, 0.5) is 0 Å². The highest BCUT2D eigenvalue weighted by atomic mass is 16.3. The monoisotopic (exact) mass is 185 g/mol. The fourth-order valence-corrected chi connectivity index (χ4v) is 1.45. The van der Waals surface area contributed by atoms with Crippen molar-refractivity contribution in [1.82, 2.24) is 0 Å². The molecule has 2 nitrogen and oxygen atoms in total. The van der Waals surface area contributed by atoms with E-state index in [1.54, 1.807) is 24.3 Å². The number of rotatable bonds is 0. The number of hydrogen-bond acceptors (Lipinski definition) is 2. The summed E-state index contributed by atoms with van der Waals surface area (Å²) < 4.78 is 0. The van der Waals surface area contributed by atoms with E-state index in [2.05, 4.69) is 6.08 Å². The van der Waals surface area contributed by atoms with Gasteiger partial charge in [-0.1, -0.05) is 30.4 Å². The minimum Gasteiger partial charge on any atom is -0.507 e. The number of aliphatic hydroxyl groups excluding tert-OH is 1. The second-order valence-corrected chi connectivity index (χ2v) is 3.07. The van der Waals surface area contributed by atoms with Crippen LogP contribution in [0.5, 0.6) is 0 Å². The topological polar surface area (TPSA) is 37.3 Å². The molecule has 0 aliphatic heterocycles. The molecule has 0 amide bonds. The maximum Gasteiger partial charge on any atom is 0.186 e. The molecule has 2 heteroatoms. The van der Waals surface area contributed by atoms with Crippen molar-refractivity contribution in [3.63, 3.8) is 0 Å². The minimum absolute atomic E-state index is 0.0637. The molecule has 0 aromatic rings. The number of ketones is 1. The summed E-state index contributed by atoms with van der Waals surface area (Å²) in [5, 5.41) is 9.53. The van der Waals surface area contributed by atoms with E-state index in [1.807, 2.05) is 6.08 Å². The summed E-state index contributed by atoms with van der Waals surface area (Å²) in [6, 6.07) is 0. The molecule has 2 aliphatic rings. The van der Waals surface area contributed by atoms with Crippen molar-refractivity contribution < 1.29 is 9.90 Å². The van der Waals surface area contributed by atoms with E-state index in [0.29, 0.717) is 17.6 Å². The van der Waals surface area contributed by atoms with Crippen LogP contribution in [0.25, 0.3) is 0 Å². The molecule has 1 N–H and O–H groups in total. The lowest BCUT2D eigenvalue weighted by atomic mass is 9.94. The predicted octanol–water partition coefficient (Wildman–Crippen LogP) is 2.18. The highest BCUT2D eigenvalue weighted by Gasteiger charge is 2.15. The number of allylic oxidation sites excluding steroid dienone is 9. The minimum atomic E-state index is -0.0637. The van der Waals surface area contributed by atoms with Gasteiger partial charge in [-0.25, -0.2) is 0 Å². The second kappa shape index (κ2) is 3.50. The Morgan fingerprint density at radius 3 is 2.79 bits per heavy atom. The average Bonchev–Trinajstić information content (AvgIpc) is 2.20. The summed E-state index contributed by atoms with van der Waals surface area (Å²) in [6.45, 7) is 0. The Labute approximate surface area is 82.2 Å². The molecule has 14 heavy (non-hydrogen) atoms. The Hall–Kier alpha value is -1.83. The van der Waals surface area contributed by atoms with E-state index in [1.165, 1.54) is 6.08 Å². The molecule has 0 spiro atoms. The van der Waals surface area contributed by atoms with E-state index >= 15 is 0 Å². The van der Waals surface area contributed by atoms with Crippen LogP contribution in [0.3, 0.4) is 0 Å². The molecule has 0 aromatic carbocycles. The molecule has 0 fully saturated rings. The Bertz CT molecular complexity index is 418. The lowest BCUT2D eigenvalue weighted by molar-refractivity contribution is -0.111. The summed E-state index contributed by atoms with van der Waals surface area (Å²) in [6.07, 6.45) is 13.5. The van der Waals surface area contributed by atoms with E-state index in [9.17, 15) is 9.90 Å². The van der Waals surface area contributed by atoms with Crippen molar-refractivity contribution in [2.24, 2.45) is 0 Å². The molecular weight excluding hydrogens is 176 g/mol. The van der Waals surface area contributed by atoms with E-state index in [4.69, 9.17) is 0 Å². The Balaban J connectivity index is 2.46. The van der Waals surface area contributed by atoms with Crippen molar-refractivity contribution in [3.05, 3.63) is 59.4 Å². The standard InChI is InChI=1S/C12H9O2/c13-11-7-3-1-5-9(11)10-6-2-4-8-12(10)14/h1-5,7,14H,6H2. The van der Waals surface area contributed by atoms with Gasteiger partial charge < -0.3 is 5.11 Å². The average molecular weight is 185 g/mol. The molecule has 2 aliphatic carbocycles. The molecule has 0 aromatic heterocycles. The van der Waals surface area contributed by atoms with E-state index in [-0.39, 0.29) is 11.5 Å². The Kier molecular flexibility index (Phi) is 2.19. The van der Waals surface area contributed by atoms with Gasteiger partial charge in [-0.2, -0.15) is 0 Å². The largest absolute Gasteiger partial charge is 0.507 e. The number of hydrogen-bond donors (Lipinski definition) is 1. The maximum atomic E-state index is 11.5. The summed E-state index contributed by atoms with van der Waals surface area (Å²) in [4.78, 5) is 11.5. The zero-order chi connectivity index (χ0) is 9.97. The normalized spacial score (nSPS) is 25.4. The summed E-state index contributed by atoms with van der Waals surface area (Å²) in [7, 11) is 0. The van der Waals surface area contributed by atoms with Crippen molar-refractivity contribution in [1.29, 1.82) is 0 Å². The van der Waals surface area contributed by atoms with Crippen molar-refractivity contribution in [2.75, 3.05) is 0 Å². The summed E-state index contributed by atoms with van der Waals surface area (Å²) >= 11 is 0. The lowest BCUT2D eigenvalue weighted by Gasteiger charge is -2.11. The molecule has 0 saturated carbocycles. The van der Waals surface area contributed by atoms with Crippen LogP contribution < -0.4 is 0 Å². The van der Waals surface area contributed by atoms with Gasteiger partial charge in [0.25, 0.3) is 0 Å². The zero-order valence-electron chi connectivity index (χ0n) is 7.53. The quantitative estimate of drug-likeness (QED) is 0.587. The number of carbonyl (C=O) groups is 1.